The van der Waals surface area contributed by atoms with Gasteiger partial charge in [-0.3, -0.25) is 9.59 Å². The molecule has 0 saturated heterocycles. The second-order valence-corrected chi connectivity index (χ2v) is 5.60. The average molecular weight is 336 g/mol. The smallest absolute Gasteiger partial charge is 0.314 e. The van der Waals surface area contributed by atoms with Gasteiger partial charge in [0.25, 0.3) is 5.91 Å². The average Bonchev–Trinajstić information content (AvgIpc) is 2.63. The first-order valence-corrected chi connectivity index (χ1v) is 8.12. The summed E-state index contributed by atoms with van der Waals surface area (Å²) in [4.78, 5) is 24.7. The largest absolute Gasteiger partial charge is 0.452 e. The van der Waals surface area contributed by atoms with E-state index in [-0.39, 0.29) is 0 Å². The van der Waals surface area contributed by atoms with Crippen LogP contribution >= 0.6 is 0 Å². The summed E-state index contributed by atoms with van der Waals surface area (Å²) in [5, 5.41) is 11.7. The van der Waals surface area contributed by atoms with Crippen molar-refractivity contribution >= 4 is 17.6 Å². The highest BCUT2D eigenvalue weighted by Gasteiger charge is 2.25. The lowest BCUT2D eigenvalue weighted by atomic mass is 9.97. The van der Waals surface area contributed by atoms with Gasteiger partial charge in [-0.1, -0.05) is 49.4 Å². The van der Waals surface area contributed by atoms with Crippen molar-refractivity contribution in [1.82, 2.24) is 0 Å². The number of para-hydroxylation sites is 1. The monoisotopic (exact) mass is 336 g/mol. The molecule has 128 valence electrons. The predicted molar refractivity (Wildman–Crippen MR) is 94.8 cm³/mol. The predicted octanol–water partition coefficient (Wildman–Crippen LogP) is 3.62. The van der Waals surface area contributed by atoms with Gasteiger partial charge < -0.3 is 10.1 Å². The summed E-state index contributed by atoms with van der Waals surface area (Å²) < 4.78 is 5.33. The Morgan fingerprint density at radius 3 is 2.40 bits per heavy atom. The summed E-state index contributed by atoms with van der Waals surface area (Å²) in [6.07, 6.45) is -0.383. The van der Waals surface area contributed by atoms with Crippen molar-refractivity contribution in [3.63, 3.8) is 0 Å². The molecule has 5 nitrogen and oxygen atoms in total. The number of nitriles is 1. The van der Waals surface area contributed by atoms with Crippen LogP contribution in [0.1, 0.15) is 37.3 Å². The van der Waals surface area contributed by atoms with E-state index < -0.39 is 23.9 Å². The maximum absolute atomic E-state index is 12.4. The molecule has 0 unspecified atom stereocenters. The standard InChI is InChI=1S/C20H20N2O3/c1-3-17(15-9-5-4-6-10-15)20(24)25-14(2)19(23)22-18-12-8-7-11-16(18)13-21/h4-12,14,17H,3H2,1-2H3,(H,22,23)/t14-,17-/m1/s1. The number of hydrogen-bond acceptors (Lipinski definition) is 4. The molecule has 0 bridgehead atoms. The van der Waals surface area contributed by atoms with Crippen LogP contribution in [0, 0.1) is 11.3 Å². The van der Waals surface area contributed by atoms with E-state index in [2.05, 4.69) is 5.32 Å². The van der Waals surface area contributed by atoms with E-state index >= 15 is 0 Å². The van der Waals surface area contributed by atoms with Crippen LogP contribution in [-0.4, -0.2) is 18.0 Å². The van der Waals surface area contributed by atoms with Crippen LogP contribution in [0.25, 0.3) is 0 Å². The van der Waals surface area contributed by atoms with Gasteiger partial charge in [0.15, 0.2) is 6.10 Å². The van der Waals surface area contributed by atoms with Gasteiger partial charge in [0, 0.05) is 0 Å². The fourth-order valence-electron chi connectivity index (χ4n) is 2.46. The molecule has 0 heterocycles. The molecular formula is C20H20N2O3. The second kappa shape index (κ2) is 8.65. The van der Waals surface area contributed by atoms with Crippen LogP contribution in [0.4, 0.5) is 5.69 Å². The highest BCUT2D eigenvalue weighted by molar-refractivity contribution is 5.96. The maximum Gasteiger partial charge on any atom is 0.314 e. The number of anilines is 1. The zero-order valence-corrected chi connectivity index (χ0v) is 14.2. The molecule has 2 rings (SSSR count). The van der Waals surface area contributed by atoms with Crippen LogP contribution in [0.15, 0.2) is 54.6 Å². The van der Waals surface area contributed by atoms with Gasteiger partial charge >= 0.3 is 5.97 Å². The van der Waals surface area contributed by atoms with E-state index in [0.29, 0.717) is 17.7 Å². The van der Waals surface area contributed by atoms with Crippen molar-refractivity contribution in [3.05, 3.63) is 65.7 Å². The minimum atomic E-state index is -0.961. The third-order valence-electron chi connectivity index (χ3n) is 3.86. The molecule has 0 aromatic heterocycles. The third kappa shape index (κ3) is 4.67. The zero-order valence-electron chi connectivity index (χ0n) is 14.2. The summed E-state index contributed by atoms with van der Waals surface area (Å²) >= 11 is 0. The Hall–Kier alpha value is -3.13. The van der Waals surface area contributed by atoms with Crippen molar-refractivity contribution in [3.8, 4) is 6.07 Å². The molecule has 0 spiro atoms. The zero-order chi connectivity index (χ0) is 18.2. The van der Waals surface area contributed by atoms with E-state index in [0.717, 1.165) is 5.56 Å². The van der Waals surface area contributed by atoms with Crippen LogP contribution in [0.3, 0.4) is 0 Å². The Morgan fingerprint density at radius 1 is 1.12 bits per heavy atom. The molecule has 0 aliphatic rings. The number of nitrogens with zero attached hydrogens (tertiary/aromatic N) is 1. The summed E-state index contributed by atoms with van der Waals surface area (Å²) in [5.41, 5.74) is 1.61. The summed E-state index contributed by atoms with van der Waals surface area (Å²) in [5.74, 6) is -1.33. The van der Waals surface area contributed by atoms with Gasteiger partial charge in [-0.05, 0) is 31.0 Å². The maximum atomic E-state index is 12.4. The molecule has 2 aromatic carbocycles. The van der Waals surface area contributed by atoms with E-state index in [4.69, 9.17) is 10.00 Å². The molecule has 25 heavy (non-hydrogen) atoms. The Balaban J connectivity index is 2.03. The first-order chi connectivity index (χ1) is 12.1. The SMILES string of the molecule is CC[C@@H](C(=O)O[C@H](C)C(=O)Nc1ccccc1C#N)c1ccccc1. The number of hydrogen-bond donors (Lipinski definition) is 1. The topological polar surface area (TPSA) is 79.2 Å². The second-order valence-electron chi connectivity index (χ2n) is 5.60. The highest BCUT2D eigenvalue weighted by atomic mass is 16.5. The van der Waals surface area contributed by atoms with Crippen molar-refractivity contribution < 1.29 is 14.3 Å². The number of esters is 1. The first-order valence-electron chi connectivity index (χ1n) is 8.12. The van der Waals surface area contributed by atoms with E-state index in [9.17, 15) is 9.59 Å². The van der Waals surface area contributed by atoms with Crippen molar-refractivity contribution in [1.29, 1.82) is 5.26 Å². The summed E-state index contributed by atoms with van der Waals surface area (Å²) in [6.45, 7) is 3.41. The van der Waals surface area contributed by atoms with Gasteiger partial charge in [0.05, 0.1) is 17.2 Å². The lowest BCUT2D eigenvalue weighted by molar-refractivity contribution is -0.154. The molecule has 2 aromatic rings. The van der Waals surface area contributed by atoms with E-state index in [1.807, 2.05) is 43.3 Å². The number of nitrogens with one attached hydrogen (secondary N) is 1. The molecule has 0 radical (unpaired) electrons. The van der Waals surface area contributed by atoms with Crippen molar-refractivity contribution in [2.45, 2.75) is 32.3 Å². The first kappa shape index (κ1) is 18.2. The molecule has 0 aliphatic carbocycles. The van der Waals surface area contributed by atoms with Gasteiger partial charge in [0.2, 0.25) is 0 Å². The Labute approximate surface area is 147 Å². The minimum Gasteiger partial charge on any atom is -0.452 e. The minimum absolute atomic E-state index is 0.352. The molecule has 0 fully saturated rings. The third-order valence-corrected chi connectivity index (χ3v) is 3.86. The van der Waals surface area contributed by atoms with Gasteiger partial charge in [-0.25, -0.2) is 0 Å². The normalized spacial score (nSPS) is 12.5. The number of carbonyl (C=O) groups excluding carboxylic acids is 2. The Kier molecular flexibility index (Phi) is 6.30. The van der Waals surface area contributed by atoms with Gasteiger partial charge in [-0.2, -0.15) is 5.26 Å². The number of ether oxygens (including phenoxy) is 1. The van der Waals surface area contributed by atoms with E-state index in [1.165, 1.54) is 6.92 Å². The molecule has 1 amide bonds. The quantitative estimate of drug-likeness (QED) is 0.817. The number of benzene rings is 2. The van der Waals surface area contributed by atoms with Crippen LogP contribution in [-0.2, 0) is 14.3 Å². The number of amides is 1. The number of carbonyl (C=O) groups is 2. The van der Waals surface area contributed by atoms with Crippen LogP contribution in [0.5, 0.6) is 0 Å². The van der Waals surface area contributed by atoms with Gasteiger partial charge in [-0.15, -0.1) is 0 Å². The summed E-state index contributed by atoms with van der Waals surface area (Å²) in [7, 11) is 0. The lowest BCUT2D eigenvalue weighted by Crippen LogP contribution is -2.32. The van der Waals surface area contributed by atoms with E-state index in [1.54, 1.807) is 24.3 Å². The van der Waals surface area contributed by atoms with Crippen LogP contribution in [0.2, 0.25) is 0 Å². The molecule has 2 atom stereocenters. The molecule has 0 aliphatic heterocycles. The summed E-state index contributed by atoms with van der Waals surface area (Å²) in [6, 6.07) is 18.0. The highest BCUT2D eigenvalue weighted by Crippen LogP contribution is 2.22. The molecule has 0 saturated carbocycles. The van der Waals surface area contributed by atoms with Gasteiger partial charge in [0.1, 0.15) is 6.07 Å². The Morgan fingerprint density at radius 2 is 1.76 bits per heavy atom. The lowest BCUT2D eigenvalue weighted by Gasteiger charge is -2.18. The molecule has 5 heteroatoms. The van der Waals surface area contributed by atoms with Crippen LogP contribution < -0.4 is 5.32 Å². The van der Waals surface area contributed by atoms with Crippen molar-refractivity contribution in [2.24, 2.45) is 0 Å². The Bertz CT molecular complexity index is 781. The van der Waals surface area contributed by atoms with Crippen molar-refractivity contribution in [2.75, 3.05) is 5.32 Å². The fourth-order valence-corrected chi connectivity index (χ4v) is 2.46. The number of rotatable bonds is 6. The fraction of sp³-hybridized carbons (Fsp3) is 0.250. The molecule has 1 N–H and O–H groups in total. The molecular weight excluding hydrogens is 316 g/mol.